The maximum Gasteiger partial charge on any atom is 0.417 e. The number of anilines is 1. The van der Waals surface area contributed by atoms with Crippen LogP contribution in [-0.2, 0) is 17.4 Å². The van der Waals surface area contributed by atoms with Crippen LogP contribution in [0.2, 0.25) is 0 Å². The van der Waals surface area contributed by atoms with E-state index in [1.165, 1.54) is 12.1 Å². The molecule has 0 saturated carbocycles. The van der Waals surface area contributed by atoms with Crippen molar-refractivity contribution in [1.82, 2.24) is 4.98 Å². The number of benzene rings is 2. The van der Waals surface area contributed by atoms with Crippen LogP contribution in [0.3, 0.4) is 0 Å². The smallest absolute Gasteiger partial charge is 0.417 e. The molecule has 0 aliphatic carbocycles. The van der Waals surface area contributed by atoms with Crippen LogP contribution in [0.25, 0.3) is 11.1 Å². The number of halogens is 4. The second kappa shape index (κ2) is 9.58. The van der Waals surface area contributed by atoms with E-state index in [9.17, 15) is 22.1 Å². The number of nitrogens with zero attached hydrogens (tertiary/aromatic N) is 2. The van der Waals surface area contributed by atoms with Gasteiger partial charge in [0.15, 0.2) is 22.2 Å². The maximum absolute atomic E-state index is 14.7. The van der Waals surface area contributed by atoms with E-state index in [0.29, 0.717) is 41.7 Å². The lowest BCUT2D eigenvalue weighted by atomic mass is 9.97. The van der Waals surface area contributed by atoms with Crippen molar-refractivity contribution in [3.05, 3.63) is 66.1 Å². The highest BCUT2D eigenvalue weighted by molar-refractivity contribution is 7.91. The van der Waals surface area contributed by atoms with Crippen molar-refractivity contribution >= 4 is 17.0 Å². The molecule has 5 nitrogen and oxygen atoms in total. The first kappa shape index (κ1) is 23.7. The molecule has 0 radical (unpaired) electrons. The van der Waals surface area contributed by atoms with Gasteiger partial charge in [-0.25, -0.2) is 9.37 Å². The van der Waals surface area contributed by atoms with Crippen LogP contribution in [0.15, 0.2) is 59.6 Å². The fourth-order valence-corrected chi connectivity index (χ4v) is 5.17. The molecule has 1 atom stereocenters. The van der Waals surface area contributed by atoms with Crippen LogP contribution in [0.4, 0.5) is 23.4 Å². The first-order valence-electron chi connectivity index (χ1n) is 11.1. The number of pyridine rings is 1. The van der Waals surface area contributed by atoms with Gasteiger partial charge in [0.1, 0.15) is 5.82 Å². The monoisotopic (exact) mass is 506 g/mol. The summed E-state index contributed by atoms with van der Waals surface area (Å²) in [4.78, 5) is 6.55. The van der Waals surface area contributed by atoms with E-state index in [2.05, 4.69) is 4.98 Å². The second-order valence-electron chi connectivity index (χ2n) is 8.56. The summed E-state index contributed by atoms with van der Waals surface area (Å²) in [6.45, 7) is 1.63. The maximum atomic E-state index is 14.7. The van der Waals surface area contributed by atoms with Crippen molar-refractivity contribution in [2.75, 3.05) is 30.5 Å². The fraction of sp³-hybridized carbons (Fsp3) is 0.320. The van der Waals surface area contributed by atoms with Gasteiger partial charge in [0.2, 0.25) is 0 Å². The van der Waals surface area contributed by atoms with Crippen molar-refractivity contribution in [2.24, 2.45) is 5.92 Å². The summed E-state index contributed by atoms with van der Waals surface area (Å²) in [5.74, 6) is 1.11. The molecule has 1 unspecified atom stereocenters. The molecular formula is C25H22F4N2O3S. The predicted molar refractivity (Wildman–Crippen MR) is 123 cm³/mol. The Balaban J connectivity index is 1.15. The van der Waals surface area contributed by atoms with E-state index >= 15 is 0 Å². The number of piperidine rings is 1. The zero-order valence-electron chi connectivity index (χ0n) is 18.6. The first-order valence-corrected chi connectivity index (χ1v) is 12.5. The van der Waals surface area contributed by atoms with Crippen LogP contribution < -0.4 is 14.4 Å². The summed E-state index contributed by atoms with van der Waals surface area (Å²) < 4.78 is 75.9. The van der Waals surface area contributed by atoms with Crippen molar-refractivity contribution < 1.29 is 31.6 Å². The van der Waals surface area contributed by atoms with Crippen LogP contribution in [0, 0.1) is 11.7 Å². The summed E-state index contributed by atoms with van der Waals surface area (Å²) in [5, 5.41) is 0. The third-order valence-electron chi connectivity index (χ3n) is 6.26. The molecule has 2 aliphatic heterocycles. The molecule has 0 amide bonds. The summed E-state index contributed by atoms with van der Waals surface area (Å²) in [6, 6.07) is 12.5. The molecule has 35 heavy (non-hydrogen) atoms. The molecule has 0 N–H and O–H groups in total. The Morgan fingerprint density at radius 2 is 1.80 bits per heavy atom. The number of ether oxygens (including phenoxy) is 2. The quantitative estimate of drug-likeness (QED) is 0.330. The molecule has 184 valence electrons. The highest BCUT2D eigenvalue weighted by atomic mass is 32.2. The molecule has 5 rings (SSSR count). The average molecular weight is 507 g/mol. The van der Waals surface area contributed by atoms with Gasteiger partial charge in [0, 0.05) is 30.5 Å². The standard InChI is InChI=1S/C25H22F4N2O3S/c26-20-11-17(18-2-5-23-22(12-18)34-15-35(23)32)1-4-21(20)33-14-16-7-9-31(10-8-16)24-6-3-19(13-30-24)25(27,28)29/h1-6,11-13,16H,7-10,14-15H2. The molecule has 1 fully saturated rings. The number of hydrogen-bond acceptors (Lipinski definition) is 5. The molecule has 10 heteroatoms. The zero-order valence-corrected chi connectivity index (χ0v) is 19.4. The molecule has 2 aliphatic rings. The molecular weight excluding hydrogens is 484 g/mol. The van der Waals surface area contributed by atoms with Crippen molar-refractivity contribution in [1.29, 1.82) is 0 Å². The number of hydrogen-bond donors (Lipinski definition) is 0. The number of alkyl halides is 3. The predicted octanol–water partition coefficient (Wildman–Crippen LogP) is 5.66. The Labute approximate surface area is 202 Å². The van der Waals surface area contributed by atoms with Crippen LogP contribution >= 0.6 is 0 Å². The van der Waals surface area contributed by atoms with Crippen LogP contribution in [0.5, 0.6) is 11.5 Å². The van der Waals surface area contributed by atoms with Gasteiger partial charge in [-0.05, 0) is 72.4 Å². The van der Waals surface area contributed by atoms with Crippen LogP contribution in [-0.4, -0.2) is 35.2 Å². The van der Waals surface area contributed by atoms with Gasteiger partial charge < -0.3 is 18.9 Å². The van der Waals surface area contributed by atoms with Gasteiger partial charge in [-0.1, -0.05) is 6.07 Å². The minimum absolute atomic E-state index is 0.139. The molecule has 3 aromatic rings. The highest BCUT2D eigenvalue weighted by Gasteiger charge is 2.31. The van der Waals surface area contributed by atoms with E-state index in [4.69, 9.17) is 9.47 Å². The zero-order chi connectivity index (χ0) is 24.6. The SMILES string of the molecule is [O-][S+]1COc2cc(-c3ccc(OCC4CCN(c5ccc(C(F)(F)F)cn5)CC4)c(F)c3)ccc21. The summed E-state index contributed by atoms with van der Waals surface area (Å²) in [6.07, 6.45) is -2.02. The van der Waals surface area contributed by atoms with Crippen molar-refractivity contribution in [2.45, 2.75) is 23.9 Å². The molecule has 1 saturated heterocycles. The molecule has 3 heterocycles. The lowest BCUT2D eigenvalue weighted by Crippen LogP contribution is -2.36. The van der Waals surface area contributed by atoms with Gasteiger partial charge in [-0.2, -0.15) is 13.2 Å². The molecule has 0 spiro atoms. The lowest BCUT2D eigenvalue weighted by Gasteiger charge is -2.32. The van der Waals surface area contributed by atoms with E-state index in [-0.39, 0.29) is 17.6 Å². The lowest BCUT2D eigenvalue weighted by molar-refractivity contribution is -0.137. The Morgan fingerprint density at radius 3 is 2.49 bits per heavy atom. The average Bonchev–Trinajstić information content (AvgIpc) is 3.23. The van der Waals surface area contributed by atoms with Gasteiger partial charge in [-0.3, -0.25) is 0 Å². The highest BCUT2D eigenvalue weighted by Crippen LogP contribution is 2.36. The topological polar surface area (TPSA) is 57.6 Å². The third kappa shape index (κ3) is 5.18. The minimum atomic E-state index is -4.40. The van der Waals surface area contributed by atoms with Crippen molar-refractivity contribution in [3.8, 4) is 22.6 Å². The largest absolute Gasteiger partial charge is 0.609 e. The normalized spacial score (nSPS) is 18.3. The third-order valence-corrected chi connectivity index (χ3v) is 7.42. The van der Waals surface area contributed by atoms with E-state index in [1.807, 2.05) is 4.90 Å². The Kier molecular flexibility index (Phi) is 6.50. The van der Waals surface area contributed by atoms with Gasteiger partial charge in [0.25, 0.3) is 5.94 Å². The van der Waals surface area contributed by atoms with Gasteiger partial charge in [-0.15, -0.1) is 0 Å². The second-order valence-corrected chi connectivity index (χ2v) is 9.93. The Morgan fingerprint density at radius 1 is 1.06 bits per heavy atom. The summed E-state index contributed by atoms with van der Waals surface area (Å²) >= 11 is -1.16. The minimum Gasteiger partial charge on any atom is -0.609 e. The van der Waals surface area contributed by atoms with E-state index < -0.39 is 28.7 Å². The van der Waals surface area contributed by atoms with Crippen molar-refractivity contribution in [3.63, 3.8) is 0 Å². The number of fused-ring (bicyclic) bond motifs is 1. The Bertz CT molecular complexity index is 1200. The van der Waals surface area contributed by atoms with E-state index in [0.717, 1.165) is 30.7 Å². The number of aromatic nitrogens is 1. The molecule has 0 bridgehead atoms. The Hall–Kier alpha value is -2.98. The number of rotatable bonds is 5. The molecule has 2 aromatic carbocycles. The first-order chi connectivity index (χ1) is 16.8. The summed E-state index contributed by atoms with van der Waals surface area (Å²) in [5.41, 5.74) is 0.659. The fourth-order valence-electron chi connectivity index (χ4n) is 4.24. The van der Waals surface area contributed by atoms with Gasteiger partial charge in [0.05, 0.1) is 12.2 Å². The summed E-state index contributed by atoms with van der Waals surface area (Å²) in [7, 11) is 0. The van der Waals surface area contributed by atoms with Gasteiger partial charge >= 0.3 is 6.18 Å². The van der Waals surface area contributed by atoms with E-state index in [1.54, 1.807) is 30.3 Å². The molecule has 1 aromatic heterocycles. The van der Waals surface area contributed by atoms with Crippen LogP contribution in [0.1, 0.15) is 18.4 Å².